The third kappa shape index (κ3) is 2.32. The highest BCUT2D eigenvalue weighted by Crippen LogP contribution is 2.31. The fraction of sp³-hybridized carbons (Fsp3) is 0.0588. The fourth-order valence-corrected chi connectivity index (χ4v) is 2.53. The number of nitro groups is 1. The number of nitro benzene ring substituents is 1. The number of benzene rings is 2. The Labute approximate surface area is 134 Å². The number of nitrogens with zero attached hydrogens (tertiary/aromatic N) is 1. The summed E-state index contributed by atoms with van der Waals surface area (Å²) < 4.78 is 5.41. The number of phenolic OH excluding ortho intramolecular Hbond substituents is 1. The number of phenols is 1. The van der Waals surface area contributed by atoms with Crippen molar-refractivity contribution in [3.63, 3.8) is 0 Å². The summed E-state index contributed by atoms with van der Waals surface area (Å²) in [7, 11) is 0. The largest absolute Gasteiger partial charge is 0.502 e. The summed E-state index contributed by atoms with van der Waals surface area (Å²) >= 11 is 0. The van der Waals surface area contributed by atoms with Crippen molar-refractivity contribution in [1.82, 2.24) is 0 Å². The molecule has 3 aromatic rings. The quantitative estimate of drug-likeness (QED) is 0.450. The van der Waals surface area contributed by atoms with Crippen molar-refractivity contribution >= 4 is 22.9 Å². The van der Waals surface area contributed by atoms with Crippen LogP contribution in [0.4, 0.5) is 5.69 Å². The molecule has 120 valence electrons. The number of carbonyl (C=O) groups is 1. The van der Waals surface area contributed by atoms with Crippen molar-refractivity contribution in [2.24, 2.45) is 0 Å². The van der Waals surface area contributed by atoms with Crippen LogP contribution in [0.1, 0.15) is 15.9 Å². The number of carbonyl (C=O) groups excluding carboxylic acids is 1. The van der Waals surface area contributed by atoms with Gasteiger partial charge in [-0.1, -0.05) is 6.07 Å². The predicted octanol–water partition coefficient (Wildman–Crippen LogP) is 3.19. The molecule has 0 saturated carbocycles. The van der Waals surface area contributed by atoms with E-state index >= 15 is 0 Å². The second kappa shape index (κ2) is 5.62. The second-order valence-electron chi connectivity index (χ2n) is 5.23. The summed E-state index contributed by atoms with van der Waals surface area (Å²) in [6.45, 7) is 1.70. The first kappa shape index (κ1) is 15.4. The van der Waals surface area contributed by atoms with Crippen LogP contribution in [0.5, 0.6) is 5.75 Å². The topological polar surface area (TPSA) is 111 Å². The van der Waals surface area contributed by atoms with E-state index in [1.807, 2.05) is 0 Å². The van der Waals surface area contributed by atoms with E-state index in [2.05, 4.69) is 0 Å². The predicted molar refractivity (Wildman–Crippen MR) is 86.4 cm³/mol. The van der Waals surface area contributed by atoms with E-state index in [-0.39, 0.29) is 27.7 Å². The van der Waals surface area contributed by atoms with Gasteiger partial charge in [-0.05, 0) is 36.2 Å². The van der Waals surface area contributed by atoms with E-state index in [0.29, 0.717) is 11.8 Å². The summed E-state index contributed by atoms with van der Waals surface area (Å²) in [5.41, 5.74) is 0.390. The van der Waals surface area contributed by atoms with Crippen molar-refractivity contribution in [2.45, 2.75) is 6.92 Å². The van der Waals surface area contributed by atoms with Crippen molar-refractivity contribution in [3.05, 3.63) is 68.1 Å². The molecule has 0 saturated heterocycles. The number of aldehydes is 1. The molecule has 7 nitrogen and oxygen atoms in total. The van der Waals surface area contributed by atoms with Gasteiger partial charge in [0.05, 0.1) is 15.9 Å². The SMILES string of the molecule is Cc1ccc2occ(-c3ccc(O)c([N+](=O)[O-])c3)c(=O)c2c1C=O. The van der Waals surface area contributed by atoms with Crippen LogP contribution < -0.4 is 5.43 Å². The van der Waals surface area contributed by atoms with E-state index in [4.69, 9.17) is 4.42 Å². The Morgan fingerprint density at radius 3 is 2.67 bits per heavy atom. The number of fused-ring (bicyclic) bond motifs is 1. The van der Waals surface area contributed by atoms with Gasteiger partial charge in [-0.2, -0.15) is 0 Å². The van der Waals surface area contributed by atoms with Crippen molar-refractivity contribution < 1.29 is 19.2 Å². The van der Waals surface area contributed by atoms with Crippen LogP contribution >= 0.6 is 0 Å². The Bertz CT molecular complexity index is 1050. The number of hydrogen-bond donors (Lipinski definition) is 1. The summed E-state index contributed by atoms with van der Waals surface area (Å²) in [4.78, 5) is 34.3. The molecule has 0 fully saturated rings. The van der Waals surface area contributed by atoms with Crippen molar-refractivity contribution in [3.8, 4) is 16.9 Å². The zero-order valence-corrected chi connectivity index (χ0v) is 12.5. The van der Waals surface area contributed by atoms with Crippen molar-refractivity contribution in [2.75, 3.05) is 0 Å². The molecule has 24 heavy (non-hydrogen) atoms. The molecule has 1 N–H and O–H groups in total. The summed E-state index contributed by atoms with van der Waals surface area (Å²) in [5.74, 6) is -0.502. The summed E-state index contributed by atoms with van der Waals surface area (Å²) in [5, 5.41) is 20.6. The van der Waals surface area contributed by atoms with Gasteiger partial charge in [0.2, 0.25) is 5.43 Å². The lowest BCUT2D eigenvalue weighted by Gasteiger charge is -2.06. The van der Waals surface area contributed by atoms with Crippen LogP contribution in [0.25, 0.3) is 22.1 Å². The standard InChI is InChI=1S/C17H11NO6/c1-9-2-5-15-16(11(9)7-19)17(21)12(8-24-15)10-3-4-14(20)13(6-10)18(22)23/h2-8,20H,1H3. The molecule has 0 amide bonds. The van der Waals surface area contributed by atoms with Crippen LogP contribution in [0.3, 0.4) is 0 Å². The van der Waals surface area contributed by atoms with Gasteiger partial charge >= 0.3 is 5.69 Å². The minimum Gasteiger partial charge on any atom is -0.502 e. The number of rotatable bonds is 3. The van der Waals surface area contributed by atoms with Gasteiger partial charge in [0, 0.05) is 11.6 Å². The molecule has 0 spiro atoms. The summed E-state index contributed by atoms with van der Waals surface area (Å²) in [6.07, 6.45) is 1.77. The molecule has 1 heterocycles. The van der Waals surface area contributed by atoms with E-state index in [9.17, 15) is 24.8 Å². The normalized spacial score (nSPS) is 10.7. The molecule has 7 heteroatoms. The smallest absolute Gasteiger partial charge is 0.311 e. The van der Waals surface area contributed by atoms with Crippen molar-refractivity contribution in [1.29, 1.82) is 0 Å². The Balaban J connectivity index is 2.35. The zero-order valence-electron chi connectivity index (χ0n) is 12.5. The molecular formula is C17H11NO6. The summed E-state index contributed by atoms with van der Waals surface area (Å²) in [6, 6.07) is 6.84. The molecule has 0 radical (unpaired) electrons. The van der Waals surface area contributed by atoms with Gasteiger partial charge in [-0.3, -0.25) is 19.7 Å². The molecule has 0 aliphatic heterocycles. The fourth-order valence-electron chi connectivity index (χ4n) is 2.53. The van der Waals surface area contributed by atoms with Gasteiger partial charge < -0.3 is 9.52 Å². The van der Waals surface area contributed by atoms with E-state index in [0.717, 1.165) is 12.1 Å². The van der Waals surface area contributed by atoms with Crippen LogP contribution in [-0.4, -0.2) is 16.3 Å². The highest BCUT2D eigenvalue weighted by Gasteiger charge is 2.18. The highest BCUT2D eigenvalue weighted by molar-refractivity contribution is 5.98. The minimum absolute atomic E-state index is 0.0688. The molecular weight excluding hydrogens is 314 g/mol. The first-order valence-corrected chi connectivity index (χ1v) is 6.92. The molecule has 0 aliphatic carbocycles. The molecule has 0 aliphatic rings. The number of aromatic hydroxyl groups is 1. The van der Waals surface area contributed by atoms with Gasteiger partial charge in [-0.25, -0.2) is 0 Å². The van der Waals surface area contributed by atoms with E-state index in [1.165, 1.54) is 12.3 Å². The molecule has 3 rings (SSSR count). The van der Waals surface area contributed by atoms with E-state index in [1.54, 1.807) is 19.1 Å². The molecule has 0 atom stereocenters. The van der Waals surface area contributed by atoms with Crippen LogP contribution in [0.15, 0.2) is 45.8 Å². The third-order valence-corrected chi connectivity index (χ3v) is 3.80. The lowest BCUT2D eigenvalue weighted by atomic mass is 10.00. The zero-order chi connectivity index (χ0) is 17.4. The molecule has 0 bridgehead atoms. The second-order valence-corrected chi connectivity index (χ2v) is 5.23. The van der Waals surface area contributed by atoms with Gasteiger partial charge in [0.1, 0.15) is 11.8 Å². The van der Waals surface area contributed by atoms with Gasteiger partial charge in [-0.15, -0.1) is 0 Å². The lowest BCUT2D eigenvalue weighted by molar-refractivity contribution is -0.385. The minimum atomic E-state index is -0.748. The van der Waals surface area contributed by atoms with Crippen LogP contribution in [0, 0.1) is 17.0 Å². The third-order valence-electron chi connectivity index (χ3n) is 3.80. The Morgan fingerprint density at radius 1 is 1.25 bits per heavy atom. The maximum Gasteiger partial charge on any atom is 0.311 e. The first-order chi connectivity index (χ1) is 11.4. The maximum atomic E-state index is 12.8. The monoisotopic (exact) mass is 325 g/mol. The molecule has 1 aromatic heterocycles. The number of hydrogen-bond acceptors (Lipinski definition) is 6. The van der Waals surface area contributed by atoms with Gasteiger partial charge in [0.15, 0.2) is 12.0 Å². The Morgan fingerprint density at radius 2 is 2.00 bits per heavy atom. The first-order valence-electron chi connectivity index (χ1n) is 6.92. The Hall–Kier alpha value is -3.48. The number of aryl methyl sites for hydroxylation is 1. The average molecular weight is 325 g/mol. The lowest BCUT2D eigenvalue weighted by Crippen LogP contribution is -2.08. The average Bonchev–Trinajstić information content (AvgIpc) is 2.56. The van der Waals surface area contributed by atoms with Crippen LogP contribution in [0.2, 0.25) is 0 Å². The Kier molecular flexibility index (Phi) is 3.61. The highest BCUT2D eigenvalue weighted by atomic mass is 16.6. The van der Waals surface area contributed by atoms with Crippen LogP contribution in [-0.2, 0) is 0 Å². The van der Waals surface area contributed by atoms with Gasteiger partial charge in [0.25, 0.3) is 0 Å². The van der Waals surface area contributed by atoms with E-state index < -0.39 is 21.8 Å². The molecule has 2 aromatic carbocycles. The maximum absolute atomic E-state index is 12.8. The molecule has 0 unspecified atom stereocenters.